The Hall–Kier alpha value is -2.34. The van der Waals surface area contributed by atoms with Crippen molar-refractivity contribution in [1.29, 1.82) is 0 Å². The maximum Gasteiger partial charge on any atom is 0.412 e. The predicted molar refractivity (Wildman–Crippen MR) is 99.5 cm³/mol. The number of carbonyl (C=O) groups excluding carboxylic acids is 1. The maximum atomic E-state index is 11.8. The van der Waals surface area contributed by atoms with E-state index in [0.717, 1.165) is 11.4 Å². The Morgan fingerprint density at radius 1 is 1.16 bits per heavy atom. The highest BCUT2D eigenvalue weighted by Crippen LogP contribution is 2.20. The Bertz CT molecular complexity index is 701. The lowest BCUT2D eigenvalue weighted by atomic mass is 10.1. The molecule has 0 aliphatic carbocycles. The zero-order chi connectivity index (χ0) is 18.6. The van der Waals surface area contributed by atoms with Crippen LogP contribution in [0.4, 0.5) is 10.5 Å². The average molecular weight is 344 g/mol. The third-order valence-electron chi connectivity index (χ3n) is 3.80. The smallest absolute Gasteiger partial charge is 0.412 e. The van der Waals surface area contributed by atoms with E-state index in [9.17, 15) is 4.79 Å². The molecule has 0 aliphatic heterocycles. The second-order valence-electron chi connectivity index (χ2n) is 7.26. The van der Waals surface area contributed by atoms with Gasteiger partial charge in [0.05, 0.1) is 6.04 Å². The minimum Gasteiger partial charge on any atom is -0.444 e. The summed E-state index contributed by atoms with van der Waals surface area (Å²) in [6.07, 6.45) is 3.29. The molecule has 2 atom stereocenters. The number of nitrogens with zero attached hydrogens (tertiary/aromatic N) is 2. The number of aryl methyl sites for hydroxylation is 1. The molecule has 1 aromatic carbocycles. The van der Waals surface area contributed by atoms with Gasteiger partial charge in [-0.05, 0) is 52.3 Å². The van der Waals surface area contributed by atoms with Gasteiger partial charge >= 0.3 is 6.09 Å². The number of rotatable bonds is 5. The van der Waals surface area contributed by atoms with Gasteiger partial charge in [-0.1, -0.05) is 12.1 Å². The lowest BCUT2D eigenvalue weighted by Gasteiger charge is -2.21. The number of hydrogen-bond acceptors (Lipinski definition) is 4. The molecule has 2 aromatic rings. The van der Waals surface area contributed by atoms with Crippen LogP contribution in [0.25, 0.3) is 0 Å². The molecule has 136 valence electrons. The molecule has 2 rings (SSSR count). The van der Waals surface area contributed by atoms with Crippen molar-refractivity contribution in [3.05, 3.63) is 48.0 Å². The zero-order valence-electron chi connectivity index (χ0n) is 15.8. The molecule has 2 N–H and O–H groups in total. The highest BCUT2D eigenvalue weighted by atomic mass is 16.6. The van der Waals surface area contributed by atoms with Crippen LogP contribution in [0, 0.1) is 0 Å². The molecule has 2 unspecified atom stereocenters. The van der Waals surface area contributed by atoms with Gasteiger partial charge in [0.15, 0.2) is 0 Å². The fourth-order valence-corrected chi connectivity index (χ4v) is 2.62. The molecule has 0 bridgehead atoms. The van der Waals surface area contributed by atoms with Crippen LogP contribution in [0.5, 0.6) is 0 Å². The number of hydrogen-bond donors (Lipinski definition) is 2. The Morgan fingerprint density at radius 3 is 2.32 bits per heavy atom. The summed E-state index contributed by atoms with van der Waals surface area (Å²) < 4.78 is 7.26. The van der Waals surface area contributed by atoms with E-state index in [1.54, 1.807) is 6.20 Å². The molecule has 0 fully saturated rings. The van der Waals surface area contributed by atoms with Gasteiger partial charge in [-0.2, -0.15) is 0 Å². The van der Waals surface area contributed by atoms with E-state index in [1.807, 2.05) is 62.8 Å². The summed E-state index contributed by atoms with van der Waals surface area (Å²) in [4.78, 5) is 16.2. The van der Waals surface area contributed by atoms with Gasteiger partial charge in [-0.25, -0.2) is 9.78 Å². The zero-order valence-corrected chi connectivity index (χ0v) is 15.8. The number of anilines is 1. The fourth-order valence-electron chi connectivity index (χ4n) is 2.62. The molecule has 25 heavy (non-hydrogen) atoms. The Kier molecular flexibility index (Phi) is 5.85. The minimum absolute atomic E-state index is 0.134. The lowest BCUT2D eigenvalue weighted by molar-refractivity contribution is 0.0636. The fraction of sp³-hybridized carbons (Fsp3) is 0.474. The van der Waals surface area contributed by atoms with Crippen molar-refractivity contribution in [2.24, 2.45) is 7.05 Å². The molecule has 0 saturated heterocycles. The van der Waals surface area contributed by atoms with Crippen molar-refractivity contribution in [2.75, 3.05) is 5.32 Å². The normalized spacial score (nSPS) is 14.0. The van der Waals surface area contributed by atoms with Gasteiger partial charge in [0.25, 0.3) is 0 Å². The Labute approximate surface area is 149 Å². The lowest BCUT2D eigenvalue weighted by Crippen LogP contribution is -2.27. The van der Waals surface area contributed by atoms with Crippen LogP contribution in [0.15, 0.2) is 36.7 Å². The van der Waals surface area contributed by atoms with Crippen molar-refractivity contribution in [1.82, 2.24) is 14.9 Å². The Balaban J connectivity index is 1.95. The van der Waals surface area contributed by atoms with Gasteiger partial charge in [0.1, 0.15) is 11.4 Å². The molecule has 0 spiro atoms. The van der Waals surface area contributed by atoms with Crippen molar-refractivity contribution in [2.45, 2.75) is 52.3 Å². The van der Waals surface area contributed by atoms with Crippen LogP contribution in [0.3, 0.4) is 0 Å². The largest absolute Gasteiger partial charge is 0.444 e. The van der Waals surface area contributed by atoms with Crippen molar-refractivity contribution >= 4 is 11.8 Å². The molecular formula is C19H28N4O2. The number of imidazole rings is 1. The van der Waals surface area contributed by atoms with Crippen LogP contribution >= 0.6 is 0 Å². The SMILES string of the molecule is CC(NC(C)c1nccn1C)c1ccc(NC(=O)OC(C)(C)C)cc1. The average Bonchev–Trinajstić information content (AvgIpc) is 2.92. The summed E-state index contributed by atoms with van der Waals surface area (Å²) in [5.74, 6) is 0.995. The summed E-state index contributed by atoms with van der Waals surface area (Å²) in [5, 5.41) is 6.28. The highest BCUT2D eigenvalue weighted by Gasteiger charge is 2.17. The van der Waals surface area contributed by atoms with E-state index in [-0.39, 0.29) is 12.1 Å². The Morgan fingerprint density at radius 2 is 1.80 bits per heavy atom. The van der Waals surface area contributed by atoms with Crippen molar-refractivity contribution < 1.29 is 9.53 Å². The van der Waals surface area contributed by atoms with Gasteiger partial charge in [-0.3, -0.25) is 5.32 Å². The first-order valence-electron chi connectivity index (χ1n) is 8.49. The second-order valence-corrected chi connectivity index (χ2v) is 7.26. The first kappa shape index (κ1) is 19.0. The molecule has 6 heteroatoms. The van der Waals surface area contributed by atoms with Gasteiger partial charge in [0.2, 0.25) is 0 Å². The van der Waals surface area contributed by atoms with Crippen LogP contribution in [-0.2, 0) is 11.8 Å². The summed E-state index contributed by atoms with van der Waals surface area (Å²) in [6, 6.07) is 8.04. The molecule has 1 aromatic heterocycles. The van der Waals surface area contributed by atoms with Gasteiger partial charge in [-0.15, -0.1) is 0 Å². The number of amides is 1. The molecular weight excluding hydrogens is 316 g/mol. The standard InChI is InChI=1S/C19H28N4O2/c1-13(21-14(2)17-20-11-12-23(17)6)15-7-9-16(10-8-15)22-18(24)25-19(3,4)5/h7-14,21H,1-6H3,(H,22,24). The van der Waals surface area contributed by atoms with Gasteiger partial charge in [0, 0.05) is 31.2 Å². The quantitative estimate of drug-likeness (QED) is 0.854. The summed E-state index contributed by atoms with van der Waals surface area (Å²) in [5.41, 5.74) is 1.34. The number of benzene rings is 1. The summed E-state index contributed by atoms with van der Waals surface area (Å²) >= 11 is 0. The van der Waals surface area contributed by atoms with E-state index in [4.69, 9.17) is 4.74 Å². The number of ether oxygens (including phenoxy) is 1. The van der Waals surface area contributed by atoms with Crippen LogP contribution in [0.1, 0.15) is 58.1 Å². The molecule has 0 aliphatic rings. The molecule has 1 heterocycles. The van der Waals surface area contributed by atoms with E-state index >= 15 is 0 Å². The van der Waals surface area contributed by atoms with Crippen LogP contribution < -0.4 is 10.6 Å². The highest BCUT2D eigenvalue weighted by molar-refractivity contribution is 5.84. The third-order valence-corrected chi connectivity index (χ3v) is 3.80. The van der Waals surface area contributed by atoms with Crippen LogP contribution in [0.2, 0.25) is 0 Å². The summed E-state index contributed by atoms with van der Waals surface area (Å²) in [6.45, 7) is 9.72. The number of nitrogens with one attached hydrogen (secondary N) is 2. The number of aromatic nitrogens is 2. The molecule has 6 nitrogen and oxygen atoms in total. The monoisotopic (exact) mass is 344 g/mol. The molecule has 0 radical (unpaired) electrons. The van der Waals surface area contributed by atoms with Crippen LogP contribution in [-0.4, -0.2) is 21.2 Å². The van der Waals surface area contributed by atoms with Gasteiger partial charge < -0.3 is 14.6 Å². The van der Waals surface area contributed by atoms with Crippen molar-refractivity contribution in [3.8, 4) is 0 Å². The maximum absolute atomic E-state index is 11.8. The summed E-state index contributed by atoms with van der Waals surface area (Å²) in [7, 11) is 1.99. The molecule has 1 amide bonds. The van der Waals surface area contributed by atoms with E-state index in [2.05, 4.69) is 29.5 Å². The van der Waals surface area contributed by atoms with E-state index < -0.39 is 11.7 Å². The van der Waals surface area contributed by atoms with E-state index in [1.165, 1.54) is 0 Å². The number of carbonyl (C=O) groups is 1. The molecule has 0 saturated carbocycles. The first-order chi connectivity index (χ1) is 11.7. The first-order valence-corrected chi connectivity index (χ1v) is 8.49. The second kappa shape index (κ2) is 7.70. The predicted octanol–water partition coefficient (Wildman–Crippen LogP) is 4.18. The third kappa shape index (κ3) is 5.60. The minimum atomic E-state index is -0.510. The topological polar surface area (TPSA) is 68.2 Å². The van der Waals surface area contributed by atoms with E-state index in [0.29, 0.717) is 5.69 Å². The van der Waals surface area contributed by atoms with Crippen molar-refractivity contribution in [3.63, 3.8) is 0 Å².